The van der Waals surface area contributed by atoms with Gasteiger partial charge in [-0.25, -0.2) is 9.37 Å². The van der Waals surface area contributed by atoms with Gasteiger partial charge in [0, 0.05) is 21.6 Å². The largest absolute Gasteiger partial charge is 0.319 e. The van der Waals surface area contributed by atoms with E-state index in [0.29, 0.717) is 11.3 Å². The van der Waals surface area contributed by atoms with E-state index in [0.717, 1.165) is 21.6 Å². The van der Waals surface area contributed by atoms with Crippen LogP contribution in [-0.2, 0) is 0 Å². The molecular weight excluding hydrogens is 321 g/mol. The van der Waals surface area contributed by atoms with Crippen LogP contribution in [0.2, 0.25) is 0 Å². The van der Waals surface area contributed by atoms with Gasteiger partial charge in [-0.15, -0.1) is 0 Å². The summed E-state index contributed by atoms with van der Waals surface area (Å²) < 4.78 is 14.5. The second kappa shape index (κ2) is 5.26. The Labute approximate surface area is 123 Å². The minimum Gasteiger partial charge on any atom is -0.319 e. The van der Waals surface area contributed by atoms with E-state index < -0.39 is 11.9 Å². The first-order valence-electron chi connectivity index (χ1n) is 6.07. The Morgan fingerprint density at radius 2 is 2.00 bits per heavy atom. The van der Waals surface area contributed by atoms with Crippen molar-refractivity contribution < 1.29 is 4.39 Å². The summed E-state index contributed by atoms with van der Waals surface area (Å²) in [5.41, 5.74) is 7.96. The molecule has 20 heavy (non-hydrogen) atoms. The molecule has 3 nitrogen and oxygen atoms in total. The minimum absolute atomic E-state index is 0.378. The second-order valence-electron chi connectivity index (χ2n) is 4.42. The fourth-order valence-electron chi connectivity index (χ4n) is 2.11. The molecule has 0 radical (unpaired) electrons. The molecule has 0 saturated heterocycles. The van der Waals surface area contributed by atoms with Crippen LogP contribution >= 0.6 is 15.9 Å². The third kappa shape index (κ3) is 2.30. The highest BCUT2D eigenvalue weighted by Crippen LogP contribution is 2.29. The Kier molecular flexibility index (Phi) is 3.46. The molecule has 5 heteroatoms. The molecule has 0 amide bonds. The normalized spacial score (nSPS) is 12.6. The van der Waals surface area contributed by atoms with Gasteiger partial charge in [0.25, 0.3) is 0 Å². The van der Waals surface area contributed by atoms with Crippen molar-refractivity contribution in [3.8, 4) is 0 Å². The summed E-state index contributed by atoms with van der Waals surface area (Å²) in [5, 5.41) is 1.01. The van der Waals surface area contributed by atoms with Gasteiger partial charge in [-0.05, 0) is 34.1 Å². The quantitative estimate of drug-likeness (QED) is 0.780. The number of aromatic nitrogens is 2. The summed E-state index contributed by atoms with van der Waals surface area (Å²) >= 11 is 3.46. The van der Waals surface area contributed by atoms with Gasteiger partial charge in [0.1, 0.15) is 5.82 Å². The van der Waals surface area contributed by atoms with E-state index in [9.17, 15) is 4.39 Å². The first-order valence-corrected chi connectivity index (χ1v) is 6.86. The Morgan fingerprint density at radius 3 is 2.80 bits per heavy atom. The molecule has 0 aliphatic carbocycles. The van der Waals surface area contributed by atoms with E-state index in [4.69, 9.17) is 5.73 Å². The lowest BCUT2D eigenvalue weighted by atomic mass is 10.0. The van der Waals surface area contributed by atoms with Gasteiger partial charge in [-0.2, -0.15) is 0 Å². The maximum Gasteiger partial charge on any atom is 0.146 e. The van der Waals surface area contributed by atoms with E-state index in [2.05, 4.69) is 25.9 Å². The first kappa shape index (κ1) is 13.1. The van der Waals surface area contributed by atoms with E-state index >= 15 is 0 Å². The lowest BCUT2D eigenvalue weighted by molar-refractivity contribution is 0.591. The van der Waals surface area contributed by atoms with Crippen LogP contribution in [0.1, 0.15) is 17.3 Å². The van der Waals surface area contributed by atoms with Gasteiger partial charge in [0.05, 0.1) is 23.4 Å². The third-order valence-corrected chi connectivity index (χ3v) is 3.77. The number of benzene rings is 1. The van der Waals surface area contributed by atoms with Gasteiger partial charge in [-0.3, -0.25) is 4.98 Å². The van der Waals surface area contributed by atoms with Crippen molar-refractivity contribution in [2.75, 3.05) is 0 Å². The average molecular weight is 332 g/mol. The minimum atomic E-state index is -0.642. The van der Waals surface area contributed by atoms with Gasteiger partial charge < -0.3 is 5.73 Å². The zero-order chi connectivity index (χ0) is 14.1. The number of rotatable bonds is 2. The standard InChI is InChI=1S/C15H11BrFN3/c16-11-7-9-3-1-2-4-13(9)20-15(11)14(18)10-5-6-19-8-12(10)17/h1-8,14H,18H2. The highest BCUT2D eigenvalue weighted by molar-refractivity contribution is 9.10. The van der Waals surface area contributed by atoms with E-state index in [-0.39, 0.29) is 0 Å². The smallest absolute Gasteiger partial charge is 0.146 e. The summed E-state index contributed by atoms with van der Waals surface area (Å²) in [6.45, 7) is 0. The van der Waals surface area contributed by atoms with Gasteiger partial charge in [0.2, 0.25) is 0 Å². The predicted molar refractivity (Wildman–Crippen MR) is 79.7 cm³/mol. The van der Waals surface area contributed by atoms with Crippen molar-refractivity contribution in [2.24, 2.45) is 5.73 Å². The van der Waals surface area contributed by atoms with Crippen LogP contribution in [0, 0.1) is 5.82 Å². The number of fused-ring (bicyclic) bond motifs is 1. The lowest BCUT2D eigenvalue weighted by Crippen LogP contribution is -2.16. The molecule has 2 N–H and O–H groups in total. The van der Waals surface area contributed by atoms with Crippen LogP contribution in [0.5, 0.6) is 0 Å². The summed E-state index contributed by atoms with van der Waals surface area (Å²) in [5.74, 6) is -0.429. The van der Waals surface area contributed by atoms with Gasteiger partial charge in [0.15, 0.2) is 0 Å². The monoisotopic (exact) mass is 331 g/mol. The molecule has 0 saturated carbocycles. The average Bonchev–Trinajstić information content (AvgIpc) is 2.46. The van der Waals surface area contributed by atoms with Crippen molar-refractivity contribution in [1.82, 2.24) is 9.97 Å². The molecular formula is C15H11BrFN3. The molecule has 2 heterocycles. The Bertz CT molecular complexity index is 776. The van der Waals surface area contributed by atoms with Crippen molar-refractivity contribution >= 4 is 26.8 Å². The number of halogens is 2. The fraction of sp³-hybridized carbons (Fsp3) is 0.0667. The van der Waals surface area contributed by atoms with Gasteiger partial charge >= 0.3 is 0 Å². The van der Waals surface area contributed by atoms with Crippen LogP contribution in [0.15, 0.2) is 53.3 Å². The Morgan fingerprint density at radius 1 is 1.20 bits per heavy atom. The number of hydrogen-bond donors (Lipinski definition) is 1. The Hall–Kier alpha value is -1.85. The van der Waals surface area contributed by atoms with Gasteiger partial charge in [-0.1, -0.05) is 18.2 Å². The summed E-state index contributed by atoms with van der Waals surface area (Å²) in [7, 11) is 0. The van der Waals surface area contributed by atoms with Crippen LogP contribution in [0.4, 0.5) is 4.39 Å². The summed E-state index contributed by atoms with van der Waals surface area (Å²) in [4.78, 5) is 8.26. The maximum atomic E-state index is 13.8. The highest BCUT2D eigenvalue weighted by Gasteiger charge is 2.18. The highest BCUT2D eigenvalue weighted by atomic mass is 79.9. The lowest BCUT2D eigenvalue weighted by Gasteiger charge is -2.14. The topological polar surface area (TPSA) is 51.8 Å². The Balaban J connectivity index is 2.14. The number of nitrogens with zero attached hydrogens (tertiary/aromatic N) is 2. The van der Waals surface area contributed by atoms with Crippen LogP contribution < -0.4 is 5.73 Å². The molecule has 100 valence electrons. The van der Waals surface area contributed by atoms with E-state index in [1.807, 2.05) is 30.3 Å². The second-order valence-corrected chi connectivity index (χ2v) is 5.28. The fourth-order valence-corrected chi connectivity index (χ4v) is 2.69. The maximum absolute atomic E-state index is 13.8. The van der Waals surface area contributed by atoms with Crippen molar-refractivity contribution in [2.45, 2.75) is 6.04 Å². The SMILES string of the molecule is NC(c1ccncc1F)c1nc2ccccc2cc1Br. The van der Waals surface area contributed by atoms with E-state index in [1.165, 1.54) is 6.20 Å². The number of pyridine rings is 2. The molecule has 0 bridgehead atoms. The van der Waals surface area contributed by atoms with E-state index in [1.54, 1.807) is 6.07 Å². The molecule has 1 unspecified atom stereocenters. The van der Waals surface area contributed by atoms with Crippen molar-refractivity contribution in [3.05, 3.63) is 70.3 Å². The van der Waals surface area contributed by atoms with Crippen molar-refractivity contribution in [1.29, 1.82) is 0 Å². The number of para-hydroxylation sites is 1. The zero-order valence-corrected chi connectivity index (χ0v) is 12.0. The molecule has 0 aliphatic rings. The number of nitrogens with two attached hydrogens (primary N) is 1. The van der Waals surface area contributed by atoms with Crippen LogP contribution in [0.3, 0.4) is 0 Å². The first-order chi connectivity index (χ1) is 9.66. The molecule has 1 atom stereocenters. The zero-order valence-electron chi connectivity index (χ0n) is 10.4. The third-order valence-electron chi connectivity index (χ3n) is 3.14. The molecule has 0 spiro atoms. The molecule has 0 aliphatic heterocycles. The summed E-state index contributed by atoms with van der Waals surface area (Å²) in [6.07, 6.45) is 2.68. The summed E-state index contributed by atoms with van der Waals surface area (Å²) in [6, 6.07) is 10.6. The van der Waals surface area contributed by atoms with Crippen LogP contribution in [-0.4, -0.2) is 9.97 Å². The molecule has 3 aromatic rings. The number of hydrogen-bond acceptors (Lipinski definition) is 3. The molecule has 2 aromatic heterocycles. The molecule has 1 aromatic carbocycles. The predicted octanol–water partition coefficient (Wildman–Crippen LogP) is 3.58. The van der Waals surface area contributed by atoms with Crippen molar-refractivity contribution in [3.63, 3.8) is 0 Å². The molecule has 3 rings (SSSR count). The molecule has 0 fully saturated rings. The van der Waals surface area contributed by atoms with Crippen LogP contribution in [0.25, 0.3) is 10.9 Å².